The van der Waals surface area contributed by atoms with Gasteiger partial charge in [-0.3, -0.25) is 4.79 Å². The molecular formula is C10H12O3. The lowest BCUT2D eigenvalue weighted by Crippen LogP contribution is -2.11. The number of carbonyl (C=O) groups is 1. The first-order valence-electron chi connectivity index (χ1n) is 4.10. The summed E-state index contributed by atoms with van der Waals surface area (Å²) in [7, 11) is 0. The maximum atomic E-state index is 10.5. The zero-order valence-electron chi connectivity index (χ0n) is 7.40. The molecule has 70 valence electrons. The molecule has 0 radical (unpaired) electrons. The maximum absolute atomic E-state index is 10.5. The van der Waals surface area contributed by atoms with Crippen LogP contribution in [0.3, 0.4) is 0 Å². The minimum absolute atomic E-state index is 0.176. The lowest BCUT2D eigenvalue weighted by molar-refractivity contribution is -0.141. The highest BCUT2D eigenvalue weighted by Crippen LogP contribution is 2.14. The van der Waals surface area contributed by atoms with Crippen molar-refractivity contribution < 1.29 is 15.0 Å². The van der Waals surface area contributed by atoms with E-state index in [9.17, 15) is 4.79 Å². The second-order valence-electron chi connectivity index (χ2n) is 3.11. The van der Waals surface area contributed by atoms with Gasteiger partial charge in [-0.1, -0.05) is 19.1 Å². The van der Waals surface area contributed by atoms with E-state index in [0.717, 1.165) is 5.56 Å². The molecule has 0 spiro atoms. The Morgan fingerprint density at radius 3 is 2.77 bits per heavy atom. The van der Waals surface area contributed by atoms with Gasteiger partial charge >= 0.3 is 5.97 Å². The molecule has 0 saturated carbocycles. The number of phenolic OH excluding ortho intramolecular Hbond substituents is 1. The summed E-state index contributed by atoms with van der Waals surface area (Å²) in [6.07, 6.45) is 0.448. The minimum Gasteiger partial charge on any atom is -0.508 e. The molecule has 0 heterocycles. The third kappa shape index (κ3) is 2.78. The van der Waals surface area contributed by atoms with Crippen molar-refractivity contribution in [3.63, 3.8) is 0 Å². The van der Waals surface area contributed by atoms with Gasteiger partial charge in [0.15, 0.2) is 0 Å². The molecular weight excluding hydrogens is 168 g/mol. The minimum atomic E-state index is -0.816. The quantitative estimate of drug-likeness (QED) is 0.743. The number of rotatable bonds is 3. The summed E-state index contributed by atoms with van der Waals surface area (Å²) < 4.78 is 0. The van der Waals surface area contributed by atoms with Crippen molar-refractivity contribution in [1.82, 2.24) is 0 Å². The third-order valence-corrected chi connectivity index (χ3v) is 1.87. The Labute approximate surface area is 76.6 Å². The predicted octanol–water partition coefficient (Wildman–Crippen LogP) is 1.66. The molecule has 3 nitrogen and oxygen atoms in total. The van der Waals surface area contributed by atoms with Crippen LogP contribution in [0.2, 0.25) is 0 Å². The Kier molecular flexibility index (Phi) is 2.90. The van der Waals surface area contributed by atoms with Gasteiger partial charge in [-0.15, -0.1) is 0 Å². The predicted molar refractivity (Wildman–Crippen MR) is 48.6 cm³/mol. The number of aromatic hydroxyl groups is 1. The summed E-state index contributed by atoms with van der Waals surface area (Å²) in [6.45, 7) is 1.65. The number of aliphatic carboxylic acids is 1. The number of phenols is 1. The van der Waals surface area contributed by atoms with Crippen molar-refractivity contribution in [2.24, 2.45) is 5.92 Å². The molecule has 1 atom stereocenters. The maximum Gasteiger partial charge on any atom is 0.306 e. The van der Waals surface area contributed by atoms with E-state index >= 15 is 0 Å². The zero-order valence-corrected chi connectivity index (χ0v) is 7.40. The number of benzene rings is 1. The van der Waals surface area contributed by atoms with E-state index < -0.39 is 11.9 Å². The van der Waals surface area contributed by atoms with E-state index in [4.69, 9.17) is 10.2 Å². The van der Waals surface area contributed by atoms with Crippen LogP contribution in [0.4, 0.5) is 0 Å². The molecule has 1 rings (SSSR count). The Bertz CT molecular complexity index is 307. The Balaban J connectivity index is 2.69. The summed E-state index contributed by atoms with van der Waals surface area (Å²) in [4.78, 5) is 10.5. The molecule has 0 aromatic heterocycles. The monoisotopic (exact) mass is 180 g/mol. The average Bonchev–Trinajstić information content (AvgIpc) is 2.04. The van der Waals surface area contributed by atoms with Crippen LogP contribution in [0.5, 0.6) is 5.75 Å². The van der Waals surface area contributed by atoms with Crippen molar-refractivity contribution in [3.8, 4) is 5.75 Å². The average molecular weight is 180 g/mol. The van der Waals surface area contributed by atoms with Crippen LogP contribution in [0.15, 0.2) is 24.3 Å². The molecule has 0 amide bonds. The molecule has 0 aliphatic heterocycles. The topological polar surface area (TPSA) is 57.5 Å². The number of hydrogen-bond acceptors (Lipinski definition) is 2. The van der Waals surface area contributed by atoms with Crippen LogP contribution in [0, 0.1) is 5.92 Å². The number of carboxylic acid groups (broad SMARTS) is 1. The second kappa shape index (κ2) is 3.94. The third-order valence-electron chi connectivity index (χ3n) is 1.87. The van der Waals surface area contributed by atoms with Crippen LogP contribution in [0.25, 0.3) is 0 Å². The second-order valence-corrected chi connectivity index (χ2v) is 3.11. The molecule has 3 heteroatoms. The molecule has 0 aliphatic carbocycles. The highest BCUT2D eigenvalue weighted by Gasteiger charge is 2.11. The number of hydrogen-bond donors (Lipinski definition) is 2. The smallest absolute Gasteiger partial charge is 0.306 e. The lowest BCUT2D eigenvalue weighted by atomic mass is 10.0. The van der Waals surface area contributed by atoms with Gasteiger partial charge in [0.25, 0.3) is 0 Å². The van der Waals surface area contributed by atoms with Crippen molar-refractivity contribution in [2.75, 3.05) is 0 Å². The normalized spacial score (nSPS) is 12.4. The van der Waals surface area contributed by atoms with Crippen LogP contribution >= 0.6 is 0 Å². The highest BCUT2D eigenvalue weighted by molar-refractivity contribution is 5.69. The molecule has 1 aromatic rings. The summed E-state index contributed by atoms with van der Waals surface area (Å²) in [6, 6.07) is 6.66. The fourth-order valence-electron chi connectivity index (χ4n) is 1.12. The SMILES string of the molecule is C[C@@H](Cc1cccc(O)c1)C(=O)O. The first kappa shape index (κ1) is 9.58. The number of carboxylic acids is 1. The van der Waals surface area contributed by atoms with Gasteiger partial charge in [-0.25, -0.2) is 0 Å². The van der Waals surface area contributed by atoms with E-state index in [-0.39, 0.29) is 5.75 Å². The fraction of sp³-hybridized carbons (Fsp3) is 0.300. The molecule has 1 aromatic carbocycles. The Hall–Kier alpha value is -1.51. The molecule has 2 N–H and O–H groups in total. The van der Waals surface area contributed by atoms with E-state index in [1.54, 1.807) is 31.2 Å². The van der Waals surface area contributed by atoms with Gasteiger partial charge < -0.3 is 10.2 Å². The molecule has 0 fully saturated rings. The Morgan fingerprint density at radius 1 is 1.54 bits per heavy atom. The molecule has 0 saturated heterocycles. The molecule has 0 aliphatic rings. The molecule has 13 heavy (non-hydrogen) atoms. The summed E-state index contributed by atoms with van der Waals surface area (Å²) >= 11 is 0. The molecule has 0 unspecified atom stereocenters. The van der Waals surface area contributed by atoms with Crippen LogP contribution < -0.4 is 0 Å². The first-order chi connectivity index (χ1) is 6.09. The zero-order chi connectivity index (χ0) is 9.84. The summed E-state index contributed by atoms with van der Waals surface area (Å²) in [5.41, 5.74) is 0.843. The Morgan fingerprint density at radius 2 is 2.23 bits per heavy atom. The van der Waals surface area contributed by atoms with Crippen molar-refractivity contribution in [1.29, 1.82) is 0 Å². The van der Waals surface area contributed by atoms with Gasteiger partial charge in [0.2, 0.25) is 0 Å². The van der Waals surface area contributed by atoms with Crippen LogP contribution in [0.1, 0.15) is 12.5 Å². The van der Waals surface area contributed by atoms with Crippen molar-refractivity contribution >= 4 is 5.97 Å². The van der Waals surface area contributed by atoms with Crippen LogP contribution in [-0.2, 0) is 11.2 Å². The summed E-state index contributed by atoms with van der Waals surface area (Å²) in [5, 5.41) is 17.8. The van der Waals surface area contributed by atoms with Gasteiger partial charge in [0.1, 0.15) is 5.75 Å². The van der Waals surface area contributed by atoms with Gasteiger partial charge in [-0.05, 0) is 24.1 Å². The molecule has 0 bridgehead atoms. The van der Waals surface area contributed by atoms with E-state index in [0.29, 0.717) is 6.42 Å². The van der Waals surface area contributed by atoms with Crippen molar-refractivity contribution in [2.45, 2.75) is 13.3 Å². The highest BCUT2D eigenvalue weighted by atomic mass is 16.4. The lowest BCUT2D eigenvalue weighted by Gasteiger charge is -2.05. The van der Waals surface area contributed by atoms with E-state index in [2.05, 4.69) is 0 Å². The van der Waals surface area contributed by atoms with E-state index in [1.165, 1.54) is 0 Å². The first-order valence-corrected chi connectivity index (χ1v) is 4.10. The van der Waals surface area contributed by atoms with E-state index in [1.807, 2.05) is 0 Å². The van der Waals surface area contributed by atoms with Gasteiger partial charge in [0.05, 0.1) is 5.92 Å². The van der Waals surface area contributed by atoms with Gasteiger partial charge in [0, 0.05) is 0 Å². The summed E-state index contributed by atoms with van der Waals surface area (Å²) in [5.74, 6) is -1.06. The van der Waals surface area contributed by atoms with Crippen LogP contribution in [-0.4, -0.2) is 16.2 Å². The largest absolute Gasteiger partial charge is 0.508 e. The standard InChI is InChI=1S/C10H12O3/c1-7(10(12)13)5-8-3-2-4-9(11)6-8/h2-4,6-7,11H,5H2,1H3,(H,12,13)/t7-/m0/s1. The van der Waals surface area contributed by atoms with Crippen molar-refractivity contribution in [3.05, 3.63) is 29.8 Å². The fourth-order valence-corrected chi connectivity index (χ4v) is 1.12. The van der Waals surface area contributed by atoms with Gasteiger partial charge in [-0.2, -0.15) is 0 Å².